The number of rotatable bonds is 11. The molecule has 2 aliphatic carbocycles. The van der Waals surface area contributed by atoms with Crippen LogP contribution in [-0.2, 0) is 39.9 Å². The molecule has 0 heterocycles. The van der Waals surface area contributed by atoms with E-state index in [2.05, 4.69) is 21.3 Å². The van der Waals surface area contributed by atoms with Gasteiger partial charge in [-0.05, 0) is 54.6 Å². The third-order valence-corrected chi connectivity index (χ3v) is 13.3. The molecule has 21 nitrogen and oxygen atoms in total. The van der Waals surface area contributed by atoms with Gasteiger partial charge in [0.25, 0.3) is 30.4 Å². The van der Waals surface area contributed by atoms with E-state index in [1.165, 1.54) is 72.8 Å². The number of amides is 2. The second kappa shape index (κ2) is 16.8. The molecule has 0 bridgehead atoms. The number of fused-ring (bicyclic) bond motifs is 4. The first-order chi connectivity index (χ1) is 31.9. The van der Waals surface area contributed by atoms with Crippen LogP contribution in [0.15, 0.2) is 130 Å². The van der Waals surface area contributed by atoms with E-state index in [1.807, 2.05) is 0 Å². The maximum Gasteiger partial charge on any atom is 0.296 e. The molecule has 6 aromatic rings. The number of benzene rings is 6. The Morgan fingerprint density at radius 1 is 0.426 bits per heavy atom. The van der Waals surface area contributed by atoms with Gasteiger partial charge in [-0.3, -0.25) is 42.4 Å². The van der Waals surface area contributed by atoms with E-state index in [-0.39, 0.29) is 50.6 Å². The number of nitrogen functional groups attached to an aromatic ring is 2. The fourth-order valence-corrected chi connectivity index (χ4v) is 9.55. The van der Waals surface area contributed by atoms with Crippen molar-refractivity contribution in [2.45, 2.75) is 14.7 Å². The molecule has 0 saturated carbocycles. The lowest BCUT2D eigenvalue weighted by Gasteiger charge is -2.23. The highest BCUT2D eigenvalue weighted by Gasteiger charge is 2.38. The molecular formula is C44H30N6O15S3. The normalized spacial score (nSPS) is 13.3. The summed E-state index contributed by atoms with van der Waals surface area (Å²) in [6.45, 7) is 0. The van der Waals surface area contributed by atoms with Crippen molar-refractivity contribution in [1.82, 2.24) is 0 Å². The number of carbonyl (C=O) groups excluding carboxylic acids is 6. The predicted molar refractivity (Wildman–Crippen MR) is 244 cm³/mol. The molecule has 68 heavy (non-hydrogen) atoms. The van der Waals surface area contributed by atoms with Crippen molar-refractivity contribution in [3.63, 3.8) is 0 Å². The molecule has 0 fully saturated rings. The second-order valence-electron chi connectivity index (χ2n) is 14.9. The highest BCUT2D eigenvalue weighted by Crippen LogP contribution is 2.42. The lowest BCUT2D eigenvalue weighted by molar-refractivity contribution is -0.114. The molecule has 344 valence electrons. The molecule has 0 aliphatic heterocycles. The summed E-state index contributed by atoms with van der Waals surface area (Å²) in [5.41, 5.74) is 8.00. The number of ketones is 4. The summed E-state index contributed by atoms with van der Waals surface area (Å²) in [4.78, 5) is 77.3. The van der Waals surface area contributed by atoms with Crippen molar-refractivity contribution in [1.29, 1.82) is 0 Å². The number of nitrogens with two attached hydrogens (primary N) is 2. The Morgan fingerprint density at radius 2 is 0.779 bits per heavy atom. The Balaban J connectivity index is 0.988. The minimum Gasteiger partial charge on any atom is -0.397 e. The Kier molecular flexibility index (Phi) is 11.4. The first-order valence-corrected chi connectivity index (χ1v) is 23.6. The molecule has 0 aromatic heterocycles. The van der Waals surface area contributed by atoms with Crippen LogP contribution in [0, 0.1) is 0 Å². The molecule has 0 saturated heterocycles. The molecule has 2 aliphatic rings. The first-order valence-electron chi connectivity index (χ1n) is 19.2. The summed E-state index contributed by atoms with van der Waals surface area (Å²) in [5.74, 6) is -4.93. The van der Waals surface area contributed by atoms with Gasteiger partial charge in [-0.15, -0.1) is 0 Å². The van der Waals surface area contributed by atoms with Gasteiger partial charge in [0.15, 0.2) is 23.1 Å². The highest BCUT2D eigenvalue weighted by atomic mass is 32.2. The Morgan fingerprint density at radius 3 is 1.19 bits per heavy atom. The van der Waals surface area contributed by atoms with Crippen molar-refractivity contribution in [2.75, 3.05) is 32.7 Å². The van der Waals surface area contributed by atoms with E-state index in [1.54, 1.807) is 0 Å². The van der Waals surface area contributed by atoms with Crippen LogP contribution in [0.3, 0.4) is 0 Å². The summed E-state index contributed by atoms with van der Waals surface area (Å²) >= 11 is 0. The third kappa shape index (κ3) is 8.47. The minimum absolute atomic E-state index is 0.0169. The number of nitrogens with one attached hydrogen (secondary N) is 4. The van der Waals surface area contributed by atoms with Crippen LogP contribution >= 0.6 is 0 Å². The quantitative estimate of drug-likeness (QED) is 0.0479. The standard InChI is InChI=1S/C44H30N6O15S3/c45-39-31(67(60,61)62)18-28(35-37(39)43(55)25-7-3-1-5-23(25)41(35)53)47-20-9-11-21(12-10-20)49-33(51)15-16-34(52)50-27-14-13-22(17-30(27)66(57,58)59)48-29-19-32(68(63,64)65)40(46)38-36(29)42(54)24-6-2-4-8-26(24)44(38)56/h1-19,47-48H,45-46H2,(H,49,51)(H,50,52)(H,57,58,59)(H,60,61,62)(H,63,64,65)/b16-15+. The van der Waals surface area contributed by atoms with Gasteiger partial charge in [0.05, 0.1) is 50.7 Å². The van der Waals surface area contributed by atoms with Crippen LogP contribution in [0.1, 0.15) is 63.7 Å². The smallest absolute Gasteiger partial charge is 0.296 e. The van der Waals surface area contributed by atoms with Gasteiger partial charge in [-0.1, -0.05) is 48.5 Å². The summed E-state index contributed by atoms with van der Waals surface area (Å²) in [6, 6.07) is 21.6. The average Bonchev–Trinajstić information content (AvgIpc) is 3.27. The van der Waals surface area contributed by atoms with Gasteiger partial charge in [0.2, 0.25) is 11.8 Å². The summed E-state index contributed by atoms with van der Waals surface area (Å²) in [6.07, 6.45) is 1.49. The fourth-order valence-electron chi connectivity index (χ4n) is 7.59. The SMILES string of the molecule is Nc1c(S(=O)(=O)O)cc(Nc2ccc(NC(=O)/C=C/C(=O)Nc3ccc(Nc4cc(S(=O)(=O)O)c(N)c5c4C(=O)c4ccccc4C5=O)cc3S(=O)(=O)O)cc2)c2c1C(=O)c1ccccc1C2=O. The molecule has 11 N–H and O–H groups in total. The number of hydrogen-bond acceptors (Lipinski definition) is 16. The van der Waals surface area contributed by atoms with E-state index < -0.39 is 119 Å². The highest BCUT2D eigenvalue weighted by molar-refractivity contribution is 7.86. The molecule has 24 heteroatoms. The molecule has 0 radical (unpaired) electrons. The lowest BCUT2D eigenvalue weighted by Crippen LogP contribution is -2.25. The second-order valence-corrected chi connectivity index (χ2v) is 19.0. The van der Waals surface area contributed by atoms with Crippen molar-refractivity contribution < 1.29 is 67.7 Å². The van der Waals surface area contributed by atoms with E-state index in [0.717, 1.165) is 42.5 Å². The van der Waals surface area contributed by atoms with Gasteiger partial charge in [0.1, 0.15) is 14.7 Å². The lowest BCUT2D eigenvalue weighted by atomic mass is 9.82. The summed E-state index contributed by atoms with van der Waals surface area (Å²) in [7, 11) is -15.2. The molecule has 0 atom stereocenters. The van der Waals surface area contributed by atoms with Crippen LogP contribution in [0.2, 0.25) is 0 Å². The maximum atomic E-state index is 13.7. The van der Waals surface area contributed by atoms with Crippen molar-refractivity contribution in [3.8, 4) is 0 Å². The van der Waals surface area contributed by atoms with E-state index >= 15 is 0 Å². The van der Waals surface area contributed by atoms with Crippen molar-refractivity contribution in [2.24, 2.45) is 0 Å². The summed E-state index contributed by atoms with van der Waals surface area (Å²) < 4.78 is 104. The average molecular weight is 979 g/mol. The van der Waals surface area contributed by atoms with Gasteiger partial charge in [-0.25, -0.2) is 0 Å². The molecule has 0 spiro atoms. The van der Waals surface area contributed by atoms with Gasteiger partial charge in [0, 0.05) is 51.5 Å². The first kappa shape index (κ1) is 46.2. The molecular weight excluding hydrogens is 949 g/mol. The van der Waals surface area contributed by atoms with Gasteiger partial charge in [-0.2, -0.15) is 25.3 Å². The van der Waals surface area contributed by atoms with Gasteiger partial charge < -0.3 is 32.7 Å². The van der Waals surface area contributed by atoms with Crippen LogP contribution in [-0.4, -0.2) is 73.9 Å². The Labute approximate surface area is 384 Å². The monoisotopic (exact) mass is 978 g/mol. The number of anilines is 8. The van der Waals surface area contributed by atoms with E-state index in [0.29, 0.717) is 0 Å². The summed E-state index contributed by atoms with van der Waals surface area (Å²) in [5, 5.41) is 10.1. The van der Waals surface area contributed by atoms with Crippen LogP contribution in [0.4, 0.5) is 45.5 Å². The van der Waals surface area contributed by atoms with Gasteiger partial charge >= 0.3 is 0 Å². The molecule has 2 amide bonds. The number of hydrogen-bond donors (Lipinski definition) is 9. The Hall–Kier alpha value is -8.39. The maximum absolute atomic E-state index is 13.7. The van der Waals surface area contributed by atoms with Crippen LogP contribution in [0.25, 0.3) is 0 Å². The third-order valence-electron chi connectivity index (χ3n) is 10.6. The topological polar surface area (TPSA) is 366 Å². The predicted octanol–water partition coefficient (Wildman–Crippen LogP) is 4.76. The minimum atomic E-state index is -5.15. The van der Waals surface area contributed by atoms with E-state index in [9.17, 15) is 67.7 Å². The Bertz CT molecular complexity index is 3690. The fraction of sp³-hybridized carbons (Fsp3) is 0. The van der Waals surface area contributed by atoms with Crippen LogP contribution < -0.4 is 32.7 Å². The van der Waals surface area contributed by atoms with Crippen LogP contribution in [0.5, 0.6) is 0 Å². The van der Waals surface area contributed by atoms with Crippen molar-refractivity contribution >= 4 is 111 Å². The van der Waals surface area contributed by atoms with Crippen molar-refractivity contribution in [3.05, 3.63) is 160 Å². The molecule has 0 unspecified atom stereocenters. The largest absolute Gasteiger partial charge is 0.397 e. The zero-order valence-corrected chi connectivity index (χ0v) is 36.5. The van der Waals surface area contributed by atoms with E-state index in [4.69, 9.17) is 11.5 Å². The zero-order valence-electron chi connectivity index (χ0n) is 34.1. The molecule has 8 rings (SSSR count). The molecule has 6 aromatic carbocycles. The number of carbonyl (C=O) groups is 6. The zero-order chi connectivity index (χ0) is 49.2.